The van der Waals surface area contributed by atoms with Crippen molar-refractivity contribution in [2.45, 2.75) is 6.61 Å². The zero-order valence-electron chi connectivity index (χ0n) is 20.3. The van der Waals surface area contributed by atoms with Crippen molar-refractivity contribution in [1.29, 1.82) is 0 Å². The lowest BCUT2D eigenvalue weighted by molar-refractivity contribution is -0.139. The maximum Gasteiger partial charge on any atom is 0.294 e. The van der Waals surface area contributed by atoms with E-state index in [1.54, 1.807) is 36.3 Å². The number of fused-ring (bicyclic) bond motifs is 1. The van der Waals surface area contributed by atoms with Gasteiger partial charge in [-0.15, -0.1) is 0 Å². The van der Waals surface area contributed by atoms with Crippen LogP contribution in [0.25, 0.3) is 16.8 Å². The fourth-order valence-corrected chi connectivity index (χ4v) is 5.14. The molecule has 2 aliphatic rings. The number of hydrogen-bond donors (Lipinski definition) is 0. The SMILES string of the molecule is COc1ccc(/C=C2\SC(=O)N(CC(=O)N3CCOCC3)C2=O)cc1OCc1cccc2ccccc12. The molecular weight excluding hydrogens is 492 g/mol. The molecule has 190 valence electrons. The summed E-state index contributed by atoms with van der Waals surface area (Å²) in [6.45, 7) is 1.88. The lowest BCUT2D eigenvalue weighted by atomic mass is 10.1. The second-order valence-electron chi connectivity index (χ2n) is 8.60. The molecule has 3 amide bonds. The van der Waals surface area contributed by atoms with Gasteiger partial charge in [-0.2, -0.15) is 0 Å². The minimum atomic E-state index is -0.481. The van der Waals surface area contributed by atoms with Gasteiger partial charge in [0, 0.05) is 13.1 Å². The minimum Gasteiger partial charge on any atom is -0.493 e. The van der Waals surface area contributed by atoms with E-state index in [1.165, 1.54) is 0 Å². The van der Waals surface area contributed by atoms with Gasteiger partial charge >= 0.3 is 0 Å². The highest BCUT2D eigenvalue weighted by atomic mass is 32.2. The molecule has 0 aromatic heterocycles. The van der Waals surface area contributed by atoms with Crippen molar-refractivity contribution < 1.29 is 28.6 Å². The second-order valence-corrected chi connectivity index (χ2v) is 9.59. The Morgan fingerprint density at radius 1 is 1.03 bits per heavy atom. The van der Waals surface area contributed by atoms with Crippen molar-refractivity contribution >= 4 is 45.7 Å². The summed E-state index contributed by atoms with van der Waals surface area (Å²) in [5.41, 5.74) is 1.72. The van der Waals surface area contributed by atoms with Crippen LogP contribution >= 0.6 is 11.8 Å². The first-order chi connectivity index (χ1) is 18.0. The monoisotopic (exact) mass is 518 g/mol. The van der Waals surface area contributed by atoms with E-state index in [0.717, 1.165) is 33.0 Å². The van der Waals surface area contributed by atoms with Crippen LogP contribution in [-0.2, 0) is 20.9 Å². The summed E-state index contributed by atoms with van der Waals surface area (Å²) >= 11 is 0.824. The highest BCUT2D eigenvalue weighted by Crippen LogP contribution is 2.35. The number of methoxy groups -OCH3 is 1. The zero-order valence-corrected chi connectivity index (χ0v) is 21.2. The number of rotatable bonds is 7. The standard InChI is InChI=1S/C28H26N2O6S/c1-34-23-10-9-19(15-24(23)36-18-21-7-4-6-20-5-2-3-8-22(20)21)16-25-27(32)30(28(33)37-25)17-26(31)29-11-13-35-14-12-29/h2-10,15-16H,11-14,17-18H2,1H3/b25-16-. The summed E-state index contributed by atoms with van der Waals surface area (Å²) in [6.07, 6.45) is 1.63. The van der Waals surface area contributed by atoms with Crippen LogP contribution in [0.15, 0.2) is 65.6 Å². The third-order valence-corrected chi connectivity index (χ3v) is 7.19. The summed E-state index contributed by atoms with van der Waals surface area (Å²) in [5.74, 6) is 0.332. The number of morpholine rings is 1. The summed E-state index contributed by atoms with van der Waals surface area (Å²) in [4.78, 5) is 40.9. The van der Waals surface area contributed by atoms with Gasteiger partial charge in [0.25, 0.3) is 11.1 Å². The van der Waals surface area contributed by atoms with Crippen molar-refractivity contribution in [3.8, 4) is 11.5 Å². The Balaban J connectivity index is 1.32. The smallest absolute Gasteiger partial charge is 0.294 e. The van der Waals surface area contributed by atoms with Crippen LogP contribution < -0.4 is 9.47 Å². The number of carbonyl (C=O) groups excluding carboxylic acids is 3. The molecule has 2 saturated heterocycles. The van der Waals surface area contributed by atoms with E-state index in [2.05, 4.69) is 18.2 Å². The summed E-state index contributed by atoms with van der Waals surface area (Å²) in [5, 5.41) is 1.78. The first kappa shape index (κ1) is 24.9. The number of benzene rings is 3. The van der Waals surface area contributed by atoms with Gasteiger partial charge in [-0.05, 0) is 51.9 Å². The first-order valence-electron chi connectivity index (χ1n) is 11.9. The predicted molar refractivity (Wildman–Crippen MR) is 141 cm³/mol. The van der Waals surface area contributed by atoms with Gasteiger partial charge < -0.3 is 19.1 Å². The molecule has 0 unspecified atom stereocenters. The Morgan fingerprint density at radius 3 is 2.62 bits per heavy atom. The van der Waals surface area contributed by atoms with Crippen molar-refractivity contribution in [1.82, 2.24) is 9.80 Å². The van der Waals surface area contributed by atoms with Gasteiger partial charge in [0.05, 0.1) is 25.2 Å². The molecule has 0 aliphatic carbocycles. The summed E-state index contributed by atoms with van der Waals surface area (Å²) in [7, 11) is 1.57. The van der Waals surface area contributed by atoms with E-state index in [4.69, 9.17) is 14.2 Å². The predicted octanol–water partition coefficient (Wildman–Crippen LogP) is 4.32. The van der Waals surface area contributed by atoms with Gasteiger partial charge in [0.1, 0.15) is 13.2 Å². The van der Waals surface area contributed by atoms with E-state index in [-0.39, 0.29) is 17.4 Å². The lowest BCUT2D eigenvalue weighted by Crippen LogP contribution is -2.46. The van der Waals surface area contributed by atoms with Crippen LogP contribution in [0.4, 0.5) is 4.79 Å². The summed E-state index contributed by atoms with van der Waals surface area (Å²) in [6, 6.07) is 19.5. The molecule has 9 heteroatoms. The van der Waals surface area contributed by atoms with Crippen molar-refractivity contribution in [3.05, 3.63) is 76.7 Å². The van der Waals surface area contributed by atoms with E-state index in [1.807, 2.05) is 24.3 Å². The molecule has 3 aromatic rings. The molecule has 2 fully saturated rings. The number of carbonyl (C=O) groups is 3. The van der Waals surface area contributed by atoms with Crippen LogP contribution in [-0.4, -0.2) is 66.8 Å². The normalized spacial score (nSPS) is 17.1. The Morgan fingerprint density at radius 2 is 1.81 bits per heavy atom. The number of hydrogen-bond acceptors (Lipinski definition) is 7. The molecule has 0 spiro atoms. The topological polar surface area (TPSA) is 85.4 Å². The Kier molecular flexibility index (Phi) is 7.43. The second kappa shape index (κ2) is 11.1. The van der Waals surface area contributed by atoms with Gasteiger partial charge in [-0.25, -0.2) is 0 Å². The molecule has 2 heterocycles. The molecule has 0 saturated carbocycles. The average Bonchev–Trinajstić information content (AvgIpc) is 3.19. The number of thioether (sulfide) groups is 1. The van der Waals surface area contributed by atoms with Gasteiger partial charge in [0.2, 0.25) is 5.91 Å². The number of nitrogens with zero attached hydrogens (tertiary/aromatic N) is 2. The van der Waals surface area contributed by atoms with E-state index in [9.17, 15) is 14.4 Å². The highest BCUT2D eigenvalue weighted by Gasteiger charge is 2.37. The third kappa shape index (κ3) is 5.47. The van der Waals surface area contributed by atoms with Crippen LogP contribution in [0.1, 0.15) is 11.1 Å². The van der Waals surface area contributed by atoms with E-state index >= 15 is 0 Å². The molecule has 3 aromatic carbocycles. The van der Waals surface area contributed by atoms with Crippen LogP contribution in [0.3, 0.4) is 0 Å². The molecule has 8 nitrogen and oxygen atoms in total. The maximum atomic E-state index is 12.9. The lowest BCUT2D eigenvalue weighted by Gasteiger charge is -2.28. The van der Waals surface area contributed by atoms with Gasteiger partial charge in [-0.1, -0.05) is 48.5 Å². The Hall–Kier alpha value is -3.82. The van der Waals surface area contributed by atoms with Crippen molar-refractivity contribution in [2.24, 2.45) is 0 Å². The first-order valence-corrected chi connectivity index (χ1v) is 12.7. The van der Waals surface area contributed by atoms with E-state index in [0.29, 0.717) is 50.0 Å². The molecule has 0 radical (unpaired) electrons. The maximum absolute atomic E-state index is 12.9. The van der Waals surface area contributed by atoms with E-state index < -0.39 is 11.1 Å². The highest BCUT2D eigenvalue weighted by molar-refractivity contribution is 8.18. The summed E-state index contributed by atoms with van der Waals surface area (Å²) < 4.78 is 16.9. The van der Waals surface area contributed by atoms with Crippen LogP contribution in [0.2, 0.25) is 0 Å². The zero-order chi connectivity index (χ0) is 25.8. The quantitative estimate of drug-likeness (QED) is 0.431. The molecular formula is C28H26N2O6S. The minimum absolute atomic E-state index is 0.255. The fraction of sp³-hybridized carbons (Fsp3) is 0.250. The van der Waals surface area contributed by atoms with Gasteiger partial charge in [-0.3, -0.25) is 19.3 Å². The average molecular weight is 519 g/mol. The van der Waals surface area contributed by atoms with Crippen molar-refractivity contribution in [3.63, 3.8) is 0 Å². The largest absolute Gasteiger partial charge is 0.493 e. The molecule has 5 rings (SSSR count). The van der Waals surface area contributed by atoms with Crippen LogP contribution in [0, 0.1) is 0 Å². The number of amides is 3. The Bertz CT molecular complexity index is 1380. The molecule has 0 N–H and O–H groups in total. The fourth-order valence-electron chi connectivity index (χ4n) is 4.31. The Labute approximate surface area is 218 Å². The van der Waals surface area contributed by atoms with Gasteiger partial charge in [0.15, 0.2) is 11.5 Å². The molecule has 2 aliphatic heterocycles. The number of imide groups is 1. The molecule has 0 atom stereocenters. The van der Waals surface area contributed by atoms with Crippen molar-refractivity contribution in [2.75, 3.05) is 40.0 Å². The number of ether oxygens (including phenoxy) is 3. The molecule has 37 heavy (non-hydrogen) atoms. The third-order valence-electron chi connectivity index (χ3n) is 6.28. The van der Waals surface area contributed by atoms with Crippen LogP contribution in [0.5, 0.6) is 11.5 Å². The molecule has 0 bridgehead atoms.